The van der Waals surface area contributed by atoms with Gasteiger partial charge in [0.05, 0.1) is 18.8 Å². The number of rotatable bonds is 7. The van der Waals surface area contributed by atoms with E-state index in [1.54, 1.807) is 19.1 Å². The van der Waals surface area contributed by atoms with Gasteiger partial charge in [-0.05, 0) is 43.2 Å². The van der Waals surface area contributed by atoms with E-state index >= 15 is 0 Å². The van der Waals surface area contributed by atoms with E-state index in [9.17, 15) is 9.59 Å². The van der Waals surface area contributed by atoms with Gasteiger partial charge in [0.1, 0.15) is 0 Å². The molecule has 1 aromatic heterocycles. The van der Waals surface area contributed by atoms with Gasteiger partial charge >= 0.3 is 6.09 Å². The van der Waals surface area contributed by atoms with Crippen LogP contribution in [0.5, 0.6) is 0 Å². The lowest BCUT2D eigenvalue weighted by Gasteiger charge is -2.08. The van der Waals surface area contributed by atoms with Crippen LogP contribution in [0.25, 0.3) is 0 Å². The Labute approximate surface area is 151 Å². The molecule has 1 heterocycles. The number of aromatic nitrogens is 1. The molecule has 7 heteroatoms. The molecule has 1 aromatic carbocycles. The Morgan fingerprint density at radius 2 is 1.92 bits per heavy atom. The number of carbonyl (C=O) groups is 2. The van der Waals surface area contributed by atoms with Crippen molar-refractivity contribution in [3.63, 3.8) is 0 Å². The maximum Gasteiger partial charge on any atom is 0.407 e. The number of hydrogen-bond acceptors (Lipinski definition) is 4. The molecule has 2 aromatic rings. The summed E-state index contributed by atoms with van der Waals surface area (Å²) >= 11 is 5.84. The van der Waals surface area contributed by atoms with E-state index in [2.05, 4.69) is 15.6 Å². The summed E-state index contributed by atoms with van der Waals surface area (Å²) in [5.74, 6) is -0.186. The maximum atomic E-state index is 12.2. The van der Waals surface area contributed by atoms with Gasteiger partial charge in [-0.3, -0.25) is 9.78 Å². The zero-order valence-corrected chi connectivity index (χ0v) is 14.7. The standard InChI is InChI=1S/C18H20ClN3O3/c1-2-25-18(24)22-12-16-11-14(8-10-20-16)17(23)21-9-7-13-3-5-15(19)6-4-13/h3-6,8,10-11H,2,7,9,12H2,1H3,(H,21,23)(H,22,24). The molecule has 0 aliphatic rings. The van der Waals surface area contributed by atoms with Gasteiger partial charge in [0.2, 0.25) is 0 Å². The Hall–Kier alpha value is -2.60. The second-order valence-electron chi connectivity index (χ2n) is 5.24. The predicted octanol–water partition coefficient (Wildman–Crippen LogP) is 2.95. The Bertz CT molecular complexity index is 720. The Morgan fingerprint density at radius 3 is 2.64 bits per heavy atom. The number of nitrogens with zero attached hydrogens (tertiary/aromatic N) is 1. The summed E-state index contributed by atoms with van der Waals surface area (Å²) in [4.78, 5) is 27.6. The zero-order valence-electron chi connectivity index (χ0n) is 13.9. The molecular weight excluding hydrogens is 342 g/mol. The van der Waals surface area contributed by atoms with Crippen molar-refractivity contribution in [2.75, 3.05) is 13.2 Å². The molecule has 0 saturated carbocycles. The van der Waals surface area contributed by atoms with Gasteiger partial charge in [0.15, 0.2) is 0 Å². The van der Waals surface area contributed by atoms with Crippen molar-refractivity contribution in [2.24, 2.45) is 0 Å². The van der Waals surface area contributed by atoms with Crippen molar-refractivity contribution in [1.82, 2.24) is 15.6 Å². The van der Waals surface area contributed by atoms with E-state index in [1.807, 2.05) is 24.3 Å². The van der Waals surface area contributed by atoms with Crippen LogP contribution in [-0.2, 0) is 17.7 Å². The average molecular weight is 362 g/mol. The molecule has 2 N–H and O–H groups in total. The Kier molecular flexibility index (Phi) is 7.22. The van der Waals surface area contributed by atoms with Gasteiger partial charge in [-0.15, -0.1) is 0 Å². The Morgan fingerprint density at radius 1 is 1.16 bits per heavy atom. The fourth-order valence-corrected chi connectivity index (χ4v) is 2.26. The molecule has 132 valence electrons. The maximum absolute atomic E-state index is 12.2. The number of benzene rings is 1. The highest BCUT2D eigenvalue weighted by Gasteiger charge is 2.08. The highest BCUT2D eigenvalue weighted by Crippen LogP contribution is 2.09. The van der Waals surface area contributed by atoms with Crippen LogP contribution in [-0.4, -0.2) is 30.1 Å². The molecule has 2 rings (SSSR count). The first-order chi connectivity index (χ1) is 12.1. The topological polar surface area (TPSA) is 80.3 Å². The van der Waals surface area contributed by atoms with Crippen molar-refractivity contribution in [3.8, 4) is 0 Å². The monoisotopic (exact) mass is 361 g/mol. The zero-order chi connectivity index (χ0) is 18.1. The highest BCUT2D eigenvalue weighted by atomic mass is 35.5. The smallest absolute Gasteiger partial charge is 0.407 e. The van der Waals surface area contributed by atoms with Gasteiger partial charge < -0.3 is 15.4 Å². The van der Waals surface area contributed by atoms with Gasteiger partial charge in [-0.1, -0.05) is 23.7 Å². The number of ether oxygens (including phenoxy) is 1. The normalized spacial score (nSPS) is 10.2. The minimum atomic E-state index is -0.512. The van der Waals surface area contributed by atoms with Crippen LogP contribution in [0.15, 0.2) is 42.6 Å². The summed E-state index contributed by atoms with van der Waals surface area (Å²) in [6.45, 7) is 2.74. The molecule has 0 atom stereocenters. The second-order valence-corrected chi connectivity index (χ2v) is 5.68. The average Bonchev–Trinajstić information content (AvgIpc) is 2.62. The van der Waals surface area contributed by atoms with Gasteiger partial charge in [-0.25, -0.2) is 4.79 Å². The van der Waals surface area contributed by atoms with E-state index in [0.29, 0.717) is 35.9 Å². The number of halogens is 1. The quantitative estimate of drug-likeness (QED) is 0.794. The fourth-order valence-electron chi connectivity index (χ4n) is 2.13. The molecule has 0 saturated heterocycles. The molecule has 0 fully saturated rings. The van der Waals surface area contributed by atoms with E-state index in [4.69, 9.17) is 16.3 Å². The molecule has 2 amide bonds. The second kappa shape index (κ2) is 9.64. The van der Waals surface area contributed by atoms with Gasteiger partial charge in [-0.2, -0.15) is 0 Å². The van der Waals surface area contributed by atoms with Crippen LogP contribution in [0, 0.1) is 0 Å². The van der Waals surface area contributed by atoms with Crippen LogP contribution in [0.1, 0.15) is 28.5 Å². The lowest BCUT2D eigenvalue weighted by molar-refractivity contribution is 0.0954. The summed E-state index contributed by atoms with van der Waals surface area (Å²) < 4.78 is 4.78. The largest absolute Gasteiger partial charge is 0.450 e. The van der Waals surface area contributed by atoms with Crippen molar-refractivity contribution < 1.29 is 14.3 Å². The van der Waals surface area contributed by atoms with Crippen molar-refractivity contribution in [3.05, 3.63) is 64.4 Å². The third-order valence-electron chi connectivity index (χ3n) is 3.38. The molecule has 0 bridgehead atoms. The number of nitrogens with one attached hydrogen (secondary N) is 2. The van der Waals surface area contributed by atoms with Crippen molar-refractivity contribution in [2.45, 2.75) is 19.9 Å². The third kappa shape index (κ3) is 6.43. The molecule has 25 heavy (non-hydrogen) atoms. The lowest BCUT2D eigenvalue weighted by Crippen LogP contribution is -2.27. The van der Waals surface area contributed by atoms with E-state index in [0.717, 1.165) is 5.56 Å². The molecule has 0 aliphatic carbocycles. The molecule has 0 unspecified atom stereocenters. The SMILES string of the molecule is CCOC(=O)NCc1cc(C(=O)NCCc2ccc(Cl)cc2)ccn1. The lowest BCUT2D eigenvalue weighted by atomic mass is 10.1. The number of amides is 2. The van der Waals surface area contributed by atoms with E-state index in [-0.39, 0.29) is 12.5 Å². The van der Waals surface area contributed by atoms with Gasteiger partial charge in [0.25, 0.3) is 5.91 Å². The molecule has 0 spiro atoms. The first kappa shape index (κ1) is 18.7. The van der Waals surface area contributed by atoms with E-state index in [1.165, 1.54) is 6.20 Å². The minimum Gasteiger partial charge on any atom is -0.450 e. The van der Waals surface area contributed by atoms with Crippen LogP contribution >= 0.6 is 11.6 Å². The Balaban J connectivity index is 1.83. The summed E-state index contributed by atoms with van der Waals surface area (Å²) in [6.07, 6.45) is 1.74. The van der Waals surface area contributed by atoms with Crippen LogP contribution < -0.4 is 10.6 Å². The van der Waals surface area contributed by atoms with Crippen molar-refractivity contribution in [1.29, 1.82) is 0 Å². The van der Waals surface area contributed by atoms with Crippen molar-refractivity contribution >= 4 is 23.6 Å². The third-order valence-corrected chi connectivity index (χ3v) is 3.63. The summed E-state index contributed by atoms with van der Waals surface area (Å²) in [5.41, 5.74) is 2.17. The van der Waals surface area contributed by atoms with Crippen LogP contribution in [0.2, 0.25) is 5.02 Å². The first-order valence-corrected chi connectivity index (χ1v) is 8.34. The number of hydrogen-bond donors (Lipinski definition) is 2. The number of carbonyl (C=O) groups excluding carboxylic acids is 2. The number of alkyl carbamates (subject to hydrolysis) is 1. The highest BCUT2D eigenvalue weighted by molar-refractivity contribution is 6.30. The first-order valence-electron chi connectivity index (χ1n) is 7.96. The van der Waals surface area contributed by atoms with E-state index < -0.39 is 6.09 Å². The molecule has 0 radical (unpaired) electrons. The molecule has 6 nitrogen and oxygen atoms in total. The molecular formula is C18H20ClN3O3. The summed E-state index contributed by atoms with van der Waals surface area (Å²) in [7, 11) is 0. The summed E-state index contributed by atoms with van der Waals surface area (Å²) in [6, 6.07) is 10.8. The fraction of sp³-hybridized carbons (Fsp3) is 0.278. The van der Waals surface area contributed by atoms with Crippen LogP contribution in [0.3, 0.4) is 0 Å². The summed E-state index contributed by atoms with van der Waals surface area (Å²) in [5, 5.41) is 6.12. The molecule has 0 aliphatic heterocycles. The van der Waals surface area contributed by atoms with Gasteiger partial charge in [0, 0.05) is 23.3 Å². The van der Waals surface area contributed by atoms with Crippen LogP contribution in [0.4, 0.5) is 4.79 Å². The minimum absolute atomic E-state index is 0.186. The number of pyridine rings is 1. The predicted molar refractivity (Wildman–Crippen MR) is 95.6 cm³/mol.